The Hall–Kier alpha value is -2.91. The molecule has 3 heteroatoms. The minimum atomic E-state index is -0.981. The topological polar surface area (TPSA) is 72.3 Å². The van der Waals surface area contributed by atoms with Crippen LogP contribution in [0.15, 0.2) is 86.5 Å². The Morgan fingerprint density at radius 3 is 1.57 bits per heavy atom. The standard InChI is InChI=1S/C9H10.C8H8.C3H4O2.H3N/c1-8(2)9-6-4-3-5-7-9;1-2-8-6-4-3-5-7-8;1-2-3(4)5;/h3-7H,1H2,2H3;2-7H,1H2;2H,1H2,(H,4,5);1H3. The second kappa shape index (κ2) is 14.0. The second-order valence-electron chi connectivity index (χ2n) is 4.30. The molecule has 0 heterocycles. The van der Waals surface area contributed by atoms with Crippen LogP contribution in [0.4, 0.5) is 0 Å². The molecule has 2 aromatic rings. The molecular formula is C20H25NO2. The van der Waals surface area contributed by atoms with Crippen LogP contribution in [0.1, 0.15) is 18.1 Å². The quantitative estimate of drug-likeness (QED) is 0.738. The van der Waals surface area contributed by atoms with Crippen LogP contribution in [0.2, 0.25) is 0 Å². The molecule has 0 bridgehead atoms. The van der Waals surface area contributed by atoms with E-state index >= 15 is 0 Å². The predicted molar refractivity (Wildman–Crippen MR) is 101 cm³/mol. The highest BCUT2D eigenvalue weighted by molar-refractivity contribution is 5.78. The Kier molecular flexibility index (Phi) is 13.7. The van der Waals surface area contributed by atoms with Crippen LogP contribution < -0.4 is 6.15 Å². The first-order valence-corrected chi connectivity index (χ1v) is 6.75. The molecule has 4 N–H and O–H groups in total. The highest BCUT2D eigenvalue weighted by Crippen LogP contribution is 2.08. The summed E-state index contributed by atoms with van der Waals surface area (Å²) < 4.78 is 0. The molecule has 0 aliphatic rings. The molecular weight excluding hydrogens is 286 g/mol. The fourth-order valence-electron chi connectivity index (χ4n) is 1.31. The summed E-state index contributed by atoms with van der Waals surface area (Å²) in [5.41, 5.74) is 3.51. The second-order valence-corrected chi connectivity index (χ2v) is 4.30. The summed E-state index contributed by atoms with van der Waals surface area (Å²) in [7, 11) is 0. The van der Waals surface area contributed by atoms with Gasteiger partial charge in [0.2, 0.25) is 0 Å². The van der Waals surface area contributed by atoms with Gasteiger partial charge in [0.15, 0.2) is 0 Å². The average molecular weight is 311 g/mol. The monoisotopic (exact) mass is 311 g/mol. The number of carboxylic acids is 1. The van der Waals surface area contributed by atoms with Gasteiger partial charge < -0.3 is 11.3 Å². The van der Waals surface area contributed by atoms with Crippen molar-refractivity contribution in [1.82, 2.24) is 6.15 Å². The smallest absolute Gasteiger partial charge is 0.327 e. The van der Waals surface area contributed by atoms with Crippen molar-refractivity contribution >= 4 is 17.6 Å². The van der Waals surface area contributed by atoms with Gasteiger partial charge in [0.05, 0.1) is 0 Å². The Morgan fingerprint density at radius 2 is 1.35 bits per heavy atom. The van der Waals surface area contributed by atoms with E-state index in [-0.39, 0.29) is 6.15 Å². The Balaban J connectivity index is 0. The number of hydrogen-bond donors (Lipinski definition) is 2. The lowest BCUT2D eigenvalue weighted by Crippen LogP contribution is -1.82. The molecule has 0 aliphatic heterocycles. The van der Waals surface area contributed by atoms with Gasteiger partial charge in [-0.2, -0.15) is 0 Å². The van der Waals surface area contributed by atoms with Crippen molar-refractivity contribution in [2.75, 3.05) is 0 Å². The number of rotatable bonds is 3. The van der Waals surface area contributed by atoms with Crippen molar-refractivity contribution in [2.24, 2.45) is 0 Å². The Bertz CT molecular complexity index is 590. The molecule has 0 saturated carbocycles. The highest BCUT2D eigenvalue weighted by atomic mass is 16.4. The lowest BCUT2D eigenvalue weighted by molar-refractivity contribution is -0.131. The van der Waals surface area contributed by atoms with Crippen LogP contribution >= 0.6 is 0 Å². The van der Waals surface area contributed by atoms with Crippen LogP contribution in [-0.2, 0) is 4.79 Å². The maximum Gasteiger partial charge on any atom is 0.327 e. The first-order valence-electron chi connectivity index (χ1n) is 6.75. The zero-order chi connectivity index (χ0) is 16.8. The number of aliphatic carboxylic acids is 1. The van der Waals surface area contributed by atoms with E-state index in [1.54, 1.807) is 0 Å². The number of hydrogen-bond acceptors (Lipinski definition) is 2. The highest BCUT2D eigenvalue weighted by Gasteiger charge is 1.86. The van der Waals surface area contributed by atoms with Crippen LogP contribution in [-0.4, -0.2) is 11.1 Å². The van der Waals surface area contributed by atoms with Gasteiger partial charge in [-0.1, -0.05) is 92.0 Å². The maximum absolute atomic E-state index is 9.25. The van der Waals surface area contributed by atoms with Gasteiger partial charge >= 0.3 is 5.97 Å². The van der Waals surface area contributed by atoms with Gasteiger partial charge in [0.25, 0.3) is 0 Å². The van der Waals surface area contributed by atoms with E-state index in [1.807, 2.05) is 61.5 Å². The normalized spacial score (nSPS) is 7.87. The van der Waals surface area contributed by atoms with E-state index in [1.165, 1.54) is 11.1 Å². The zero-order valence-electron chi connectivity index (χ0n) is 13.6. The van der Waals surface area contributed by atoms with Crippen LogP contribution in [0.25, 0.3) is 11.6 Å². The number of allylic oxidation sites excluding steroid dienone is 1. The van der Waals surface area contributed by atoms with Crippen LogP contribution in [0, 0.1) is 0 Å². The van der Waals surface area contributed by atoms with E-state index in [9.17, 15) is 4.79 Å². The lowest BCUT2D eigenvalue weighted by atomic mass is 10.1. The summed E-state index contributed by atoms with van der Waals surface area (Å²) in [6.45, 7) is 12.4. The van der Waals surface area contributed by atoms with Gasteiger partial charge in [-0.3, -0.25) is 0 Å². The van der Waals surface area contributed by atoms with Crippen molar-refractivity contribution < 1.29 is 9.90 Å². The van der Waals surface area contributed by atoms with Crippen molar-refractivity contribution in [3.63, 3.8) is 0 Å². The SMILES string of the molecule is C=C(C)c1ccccc1.C=CC(=O)O.C=Cc1ccccc1.N. The van der Waals surface area contributed by atoms with Crippen molar-refractivity contribution in [3.8, 4) is 0 Å². The van der Waals surface area contributed by atoms with Gasteiger partial charge in [0.1, 0.15) is 0 Å². The molecule has 2 aromatic carbocycles. The molecule has 0 radical (unpaired) electrons. The first-order chi connectivity index (χ1) is 10.5. The Labute approximate surface area is 138 Å². The summed E-state index contributed by atoms with van der Waals surface area (Å²) >= 11 is 0. The summed E-state index contributed by atoms with van der Waals surface area (Å²) in [5.74, 6) is -0.981. The van der Waals surface area contributed by atoms with Gasteiger partial charge in [0, 0.05) is 6.08 Å². The summed E-state index contributed by atoms with van der Waals surface area (Å²) in [4.78, 5) is 9.25. The molecule has 0 spiro atoms. The van der Waals surface area contributed by atoms with E-state index < -0.39 is 5.97 Å². The fourth-order valence-corrected chi connectivity index (χ4v) is 1.31. The van der Waals surface area contributed by atoms with Crippen LogP contribution in [0.5, 0.6) is 0 Å². The lowest BCUT2D eigenvalue weighted by Gasteiger charge is -1.94. The molecule has 3 nitrogen and oxygen atoms in total. The number of carboxylic acid groups (broad SMARTS) is 1. The molecule has 0 aromatic heterocycles. The maximum atomic E-state index is 9.25. The molecule has 0 atom stereocenters. The molecule has 2 rings (SSSR count). The van der Waals surface area contributed by atoms with Crippen molar-refractivity contribution in [2.45, 2.75) is 6.92 Å². The van der Waals surface area contributed by atoms with Gasteiger partial charge in [-0.15, -0.1) is 0 Å². The van der Waals surface area contributed by atoms with Crippen molar-refractivity contribution in [1.29, 1.82) is 0 Å². The van der Waals surface area contributed by atoms with Gasteiger partial charge in [-0.05, 0) is 18.1 Å². The van der Waals surface area contributed by atoms with Crippen molar-refractivity contribution in [3.05, 3.63) is 97.6 Å². The summed E-state index contributed by atoms with van der Waals surface area (Å²) in [6, 6.07) is 20.2. The first kappa shape index (κ1) is 22.4. The predicted octanol–water partition coefficient (Wildman–Crippen LogP) is 5.47. The zero-order valence-corrected chi connectivity index (χ0v) is 13.6. The number of benzene rings is 2. The molecule has 0 amide bonds. The minimum absolute atomic E-state index is 0. The Morgan fingerprint density at radius 1 is 0.957 bits per heavy atom. The summed E-state index contributed by atoms with van der Waals surface area (Å²) in [6.07, 6.45) is 2.67. The fraction of sp³-hybridized carbons (Fsp3) is 0.0500. The van der Waals surface area contributed by atoms with Crippen LogP contribution in [0.3, 0.4) is 0 Å². The third-order valence-corrected chi connectivity index (χ3v) is 2.48. The third kappa shape index (κ3) is 12.5. The van der Waals surface area contributed by atoms with Gasteiger partial charge in [-0.25, -0.2) is 4.79 Å². The largest absolute Gasteiger partial charge is 0.478 e. The molecule has 0 fully saturated rings. The summed E-state index contributed by atoms with van der Waals surface area (Å²) in [5, 5.41) is 7.60. The minimum Gasteiger partial charge on any atom is -0.478 e. The molecule has 122 valence electrons. The third-order valence-electron chi connectivity index (χ3n) is 2.48. The molecule has 0 saturated heterocycles. The number of carbonyl (C=O) groups is 1. The van der Waals surface area contributed by atoms with E-state index in [0.29, 0.717) is 0 Å². The van der Waals surface area contributed by atoms with E-state index in [4.69, 9.17) is 5.11 Å². The molecule has 0 unspecified atom stereocenters. The molecule has 23 heavy (non-hydrogen) atoms. The van der Waals surface area contributed by atoms with E-state index in [2.05, 4.69) is 31.9 Å². The average Bonchev–Trinajstić information content (AvgIpc) is 2.57. The molecule has 0 aliphatic carbocycles. The van der Waals surface area contributed by atoms with E-state index in [0.717, 1.165) is 11.6 Å².